The number of methoxy groups -OCH3 is 4. The molecule has 0 unspecified atom stereocenters. The van der Waals surface area contributed by atoms with Crippen LogP contribution in [0.1, 0.15) is 16.7 Å². The Kier molecular flexibility index (Phi) is 6.15. The highest BCUT2D eigenvalue weighted by atomic mass is 35.5. The highest BCUT2D eigenvalue weighted by Gasteiger charge is 2.20. The summed E-state index contributed by atoms with van der Waals surface area (Å²) < 4.78 is 21.6. The molecule has 134 valence electrons. The third-order valence-electron chi connectivity index (χ3n) is 4.17. The number of ether oxygens (including phenoxy) is 4. The standard InChI is InChI=1S/C19H21NO4.ClH/c1-21-15-6-5-13(10-16(15)22-2)19-14-11-18(24-4)17(23-3)9-12(14)7-8-20-19;/h5-6,9-11H,7-8H2,1-4H3;1H. The zero-order chi connectivity index (χ0) is 17.1. The maximum absolute atomic E-state index is 5.44. The van der Waals surface area contributed by atoms with Crippen LogP contribution in [-0.2, 0) is 6.42 Å². The number of hydrogen-bond donors (Lipinski definition) is 0. The molecule has 0 spiro atoms. The van der Waals surface area contributed by atoms with Crippen LogP contribution in [0.25, 0.3) is 0 Å². The van der Waals surface area contributed by atoms with Crippen molar-refractivity contribution in [3.05, 3.63) is 47.0 Å². The van der Waals surface area contributed by atoms with Gasteiger partial charge in [-0.25, -0.2) is 0 Å². The van der Waals surface area contributed by atoms with Gasteiger partial charge in [-0.3, -0.25) is 4.99 Å². The van der Waals surface area contributed by atoms with Gasteiger partial charge in [-0.15, -0.1) is 12.4 Å². The zero-order valence-corrected chi connectivity index (χ0v) is 15.6. The van der Waals surface area contributed by atoms with Crippen LogP contribution < -0.4 is 18.9 Å². The van der Waals surface area contributed by atoms with E-state index in [0.717, 1.165) is 35.6 Å². The number of rotatable bonds is 5. The molecule has 0 saturated heterocycles. The van der Waals surface area contributed by atoms with Crippen molar-refractivity contribution < 1.29 is 18.9 Å². The molecule has 25 heavy (non-hydrogen) atoms. The number of halogens is 1. The topological polar surface area (TPSA) is 49.3 Å². The van der Waals surface area contributed by atoms with Crippen molar-refractivity contribution in [1.29, 1.82) is 0 Å². The number of aliphatic imine (C=N–C) groups is 1. The molecule has 0 N–H and O–H groups in total. The van der Waals surface area contributed by atoms with E-state index in [4.69, 9.17) is 23.9 Å². The minimum absolute atomic E-state index is 0. The molecule has 6 heteroatoms. The third kappa shape index (κ3) is 3.51. The van der Waals surface area contributed by atoms with E-state index < -0.39 is 0 Å². The summed E-state index contributed by atoms with van der Waals surface area (Å²) in [5, 5.41) is 0. The molecule has 0 fully saturated rings. The third-order valence-corrected chi connectivity index (χ3v) is 4.17. The summed E-state index contributed by atoms with van der Waals surface area (Å²) in [5.41, 5.74) is 4.18. The van der Waals surface area contributed by atoms with Crippen LogP contribution in [0.2, 0.25) is 0 Å². The molecule has 0 aliphatic carbocycles. The summed E-state index contributed by atoms with van der Waals surface area (Å²) in [6.45, 7) is 0.742. The summed E-state index contributed by atoms with van der Waals surface area (Å²) in [7, 11) is 6.55. The second-order valence-corrected chi connectivity index (χ2v) is 5.41. The quantitative estimate of drug-likeness (QED) is 0.815. The lowest BCUT2D eigenvalue weighted by Crippen LogP contribution is -2.15. The van der Waals surface area contributed by atoms with Gasteiger partial charge in [-0.05, 0) is 42.3 Å². The van der Waals surface area contributed by atoms with Crippen LogP contribution in [0.3, 0.4) is 0 Å². The first-order valence-corrected chi connectivity index (χ1v) is 7.74. The van der Waals surface area contributed by atoms with E-state index in [2.05, 4.69) is 0 Å². The minimum Gasteiger partial charge on any atom is -0.493 e. The average Bonchev–Trinajstić information content (AvgIpc) is 2.65. The first-order valence-electron chi connectivity index (χ1n) is 7.74. The largest absolute Gasteiger partial charge is 0.493 e. The first-order chi connectivity index (χ1) is 11.7. The summed E-state index contributed by atoms with van der Waals surface area (Å²) in [6.07, 6.45) is 0.881. The van der Waals surface area contributed by atoms with Gasteiger partial charge in [-0.2, -0.15) is 0 Å². The van der Waals surface area contributed by atoms with Crippen molar-refractivity contribution in [3.8, 4) is 23.0 Å². The summed E-state index contributed by atoms with van der Waals surface area (Å²) >= 11 is 0. The SMILES string of the molecule is COc1ccc(C2=NCCc3cc(OC)c(OC)cc32)cc1OC.Cl. The molecule has 2 aromatic carbocycles. The van der Waals surface area contributed by atoms with Gasteiger partial charge in [0.1, 0.15) is 0 Å². The molecule has 1 heterocycles. The van der Waals surface area contributed by atoms with Gasteiger partial charge in [0, 0.05) is 17.7 Å². The summed E-state index contributed by atoms with van der Waals surface area (Å²) in [5.74, 6) is 2.83. The Hall–Kier alpha value is -2.40. The van der Waals surface area contributed by atoms with Gasteiger partial charge in [-0.1, -0.05) is 0 Å². The number of hydrogen-bond acceptors (Lipinski definition) is 5. The lowest BCUT2D eigenvalue weighted by Gasteiger charge is -2.20. The Bertz CT molecular complexity index is 789. The second-order valence-electron chi connectivity index (χ2n) is 5.41. The van der Waals surface area contributed by atoms with Crippen molar-refractivity contribution in [2.45, 2.75) is 6.42 Å². The van der Waals surface area contributed by atoms with Crippen LogP contribution in [0.5, 0.6) is 23.0 Å². The van der Waals surface area contributed by atoms with E-state index in [1.165, 1.54) is 5.56 Å². The number of fused-ring (bicyclic) bond motifs is 1. The molecule has 0 amide bonds. The molecule has 0 saturated carbocycles. The van der Waals surface area contributed by atoms with Crippen LogP contribution >= 0.6 is 12.4 Å². The fourth-order valence-corrected chi connectivity index (χ4v) is 2.95. The Morgan fingerprint density at radius 2 is 1.36 bits per heavy atom. The highest BCUT2D eigenvalue weighted by molar-refractivity contribution is 6.14. The van der Waals surface area contributed by atoms with E-state index in [-0.39, 0.29) is 12.4 Å². The minimum atomic E-state index is 0. The molecule has 5 nitrogen and oxygen atoms in total. The van der Waals surface area contributed by atoms with Gasteiger partial charge in [0.2, 0.25) is 0 Å². The van der Waals surface area contributed by atoms with Crippen molar-refractivity contribution in [3.63, 3.8) is 0 Å². The maximum atomic E-state index is 5.44. The van der Waals surface area contributed by atoms with E-state index in [1.54, 1.807) is 28.4 Å². The van der Waals surface area contributed by atoms with Crippen LogP contribution in [-0.4, -0.2) is 40.7 Å². The smallest absolute Gasteiger partial charge is 0.161 e. The molecule has 3 rings (SSSR count). The summed E-state index contributed by atoms with van der Waals surface area (Å²) in [6, 6.07) is 9.85. The lowest BCUT2D eigenvalue weighted by molar-refractivity contribution is 0.354. The van der Waals surface area contributed by atoms with Gasteiger partial charge >= 0.3 is 0 Å². The van der Waals surface area contributed by atoms with E-state index in [9.17, 15) is 0 Å². The van der Waals surface area contributed by atoms with Gasteiger partial charge in [0.05, 0.1) is 34.2 Å². The van der Waals surface area contributed by atoms with E-state index >= 15 is 0 Å². The molecular weight excluding hydrogens is 342 g/mol. The van der Waals surface area contributed by atoms with Crippen molar-refractivity contribution in [2.24, 2.45) is 4.99 Å². The fraction of sp³-hybridized carbons (Fsp3) is 0.316. The summed E-state index contributed by atoms with van der Waals surface area (Å²) in [4.78, 5) is 4.73. The first kappa shape index (κ1) is 18.9. The Balaban J connectivity index is 0.00000225. The Morgan fingerprint density at radius 3 is 2.00 bits per heavy atom. The van der Waals surface area contributed by atoms with E-state index in [1.807, 2.05) is 30.3 Å². The second kappa shape index (κ2) is 8.12. The van der Waals surface area contributed by atoms with Crippen LogP contribution in [0, 0.1) is 0 Å². The molecular formula is C19H22ClNO4. The predicted octanol–water partition coefficient (Wildman–Crippen LogP) is 3.54. The fourth-order valence-electron chi connectivity index (χ4n) is 2.95. The number of nitrogens with zero attached hydrogens (tertiary/aromatic N) is 1. The monoisotopic (exact) mass is 363 g/mol. The lowest BCUT2D eigenvalue weighted by atomic mass is 9.92. The normalized spacial score (nSPS) is 12.4. The Morgan fingerprint density at radius 1 is 0.760 bits per heavy atom. The van der Waals surface area contributed by atoms with Gasteiger partial charge in [0.25, 0.3) is 0 Å². The van der Waals surface area contributed by atoms with Crippen LogP contribution in [0.4, 0.5) is 0 Å². The molecule has 0 aromatic heterocycles. The van der Waals surface area contributed by atoms with Crippen molar-refractivity contribution in [1.82, 2.24) is 0 Å². The van der Waals surface area contributed by atoms with Crippen LogP contribution in [0.15, 0.2) is 35.3 Å². The van der Waals surface area contributed by atoms with Gasteiger partial charge < -0.3 is 18.9 Å². The highest BCUT2D eigenvalue weighted by Crippen LogP contribution is 2.35. The molecule has 0 bridgehead atoms. The molecule has 0 radical (unpaired) electrons. The van der Waals surface area contributed by atoms with Crippen molar-refractivity contribution in [2.75, 3.05) is 35.0 Å². The molecule has 1 aliphatic heterocycles. The maximum Gasteiger partial charge on any atom is 0.161 e. The van der Waals surface area contributed by atoms with Gasteiger partial charge in [0.15, 0.2) is 23.0 Å². The Labute approximate surface area is 154 Å². The predicted molar refractivity (Wildman–Crippen MR) is 101 cm³/mol. The number of benzene rings is 2. The molecule has 1 aliphatic rings. The zero-order valence-electron chi connectivity index (χ0n) is 14.8. The molecule has 0 atom stereocenters. The average molecular weight is 364 g/mol. The van der Waals surface area contributed by atoms with E-state index in [0.29, 0.717) is 17.2 Å². The van der Waals surface area contributed by atoms with Crippen molar-refractivity contribution >= 4 is 18.1 Å². The molecule has 2 aromatic rings.